The fraction of sp³-hybridized carbons (Fsp3) is 0.929. The van der Waals surface area contributed by atoms with Crippen LogP contribution in [0.1, 0.15) is 46.5 Å². The van der Waals surface area contributed by atoms with Gasteiger partial charge in [0.1, 0.15) is 6.04 Å². The molecule has 1 fully saturated rings. The molecule has 1 rings (SSSR count). The third-order valence-electron chi connectivity index (χ3n) is 4.11. The summed E-state index contributed by atoms with van der Waals surface area (Å²) < 4.78 is 4.94. The van der Waals surface area contributed by atoms with E-state index in [1.165, 1.54) is 13.5 Å². The maximum absolute atomic E-state index is 11.8. The quantitative estimate of drug-likeness (QED) is 0.693. The summed E-state index contributed by atoms with van der Waals surface area (Å²) in [5, 5.41) is 0. The Kier molecular flexibility index (Phi) is 5.96. The molecule has 0 aromatic heterocycles. The van der Waals surface area contributed by atoms with Crippen molar-refractivity contribution in [3.63, 3.8) is 0 Å². The van der Waals surface area contributed by atoms with Crippen molar-refractivity contribution in [2.45, 2.75) is 52.5 Å². The van der Waals surface area contributed by atoms with E-state index in [-0.39, 0.29) is 12.0 Å². The second kappa shape index (κ2) is 7.00. The number of piperidine rings is 1. The number of carbonyl (C=O) groups is 1. The molecule has 17 heavy (non-hydrogen) atoms. The lowest BCUT2D eigenvalue weighted by atomic mass is 9.87. The van der Waals surface area contributed by atoms with Crippen LogP contribution in [0, 0.1) is 11.8 Å². The predicted octanol–water partition coefficient (Wildman–Crippen LogP) is 2.70. The second-order valence-electron chi connectivity index (χ2n) is 5.42. The Morgan fingerprint density at radius 2 is 2.12 bits per heavy atom. The molecule has 0 aromatic carbocycles. The molecule has 1 aliphatic rings. The summed E-state index contributed by atoms with van der Waals surface area (Å²) in [5.41, 5.74) is 0. The summed E-state index contributed by atoms with van der Waals surface area (Å²) in [6.45, 7) is 8.82. The van der Waals surface area contributed by atoms with E-state index in [1.54, 1.807) is 0 Å². The molecule has 3 heteroatoms. The lowest BCUT2D eigenvalue weighted by Crippen LogP contribution is -2.48. The fourth-order valence-corrected chi connectivity index (χ4v) is 2.56. The van der Waals surface area contributed by atoms with Crippen LogP contribution in [0.2, 0.25) is 0 Å². The summed E-state index contributed by atoms with van der Waals surface area (Å²) in [6, 6.07) is -0.0186. The third-order valence-corrected chi connectivity index (χ3v) is 4.11. The SMILES string of the molecule is CCCCC(C(=O)OC)N1CCC(C)C(C)C1. The van der Waals surface area contributed by atoms with Gasteiger partial charge in [0, 0.05) is 6.54 Å². The van der Waals surface area contributed by atoms with Crippen molar-refractivity contribution in [1.82, 2.24) is 4.90 Å². The van der Waals surface area contributed by atoms with E-state index in [2.05, 4.69) is 25.7 Å². The zero-order chi connectivity index (χ0) is 12.8. The molecule has 3 nitrogen and oxygen atoms in total. The molecule has 3 unspecified atom stereocenters. The minimum atomic E-state index is -0.0554. The number of carbonyl (C=O) groups excluding carboxylic acids is 1. The van der Waals surface area contributed by atoms with Gasteiger partial charge in [-0.15, -0.1) is 0 Å². The van der Waals surface area contributed by atoms with Gasteiger partial charge in [0.05, 0.1) is 7.11 Å². The first-order chi connectivity index (χ1) is 8.10. The van der Waals surface area contributed by atoms with Gasteiger partial charge in [0.15, 0.2) is 0 Å². The van der Waals surface area contributed by atoms with Gasteiger partial charge in [-0.1, -0.05) is 33.6 Å². The number of esters is 1. The van der Waals surface area contributed by atoms with Crippen LogP contribution in [0.25, 0.3) is 0 Å². The number of hydrogen-bond acceptors (Lipinski definition) is 3. The average molecular weight is 241 g/mol. The first-order valence-corrected chi connectivity index (χ1v) is 6.92. The van der Waals surface area contributed by atoms with E-state index in [0.717, 1.165) is 38.3 Å². The number of nitrogens with zero attached hydrogens (tertiary/aromatic N) is 1. The molecule has 1 saturated heterocycles. The van der Waals surface area contributed by atoms with Crippen LogP contribution in [-0.4, -0.2) is 37.1 Å². The molecular formula is C14H27NO2. The Balaban J connectivity index is 2.59. The number of hydrogen-bond donors (Lipinski definition) is 0. The highest BCUT2D eigenvalue weighted by Gasteiger charge is 2.31. The second-order valence-corrected chi connectivity index (χ2v) is 5.42. The van der Waals surface area contributed by atoms with E-state index in [1.807, 2.05) is 0 Å². The predicted molar refractivity (Wildman–Crippen MR) is 69.8 cm³/mol. The molecule has 0 saturated carbocycles. The number of rotatable bonds is 5. The standard InChI is InChI=1S/C14H27NO2/c1-5-6-7-13(14(16)17-4)15-9-8-11(2)12(3)10-15/h11-13H,5-10H2,1-4H3. The summed E-state index contributed by atoms with van der Waals surface area (Å²) in [6.07, 6.45) is 4.36. The minimum absolute atomic E-state index is 0.0186. The van der Waals surface area contributed by atoms with Crippen LogP contribution in [0.4, 0.5) is 0 Å². The van der Waals surface area contributed by atoms with E-state index >= 15 is 0 Å². The van der Waals surface area contributed by atoms with Gasteiger partial charge in [0.25, 0.3) is 0 Å². The molecule has 0 amide bonds. The highest BCUT2D eigenvalue weighted by molar-refractivity contribution is 5.75. The molecule has 1 heterocycles. The Hall–Kier alpha value is -0.570. The van der Waals surface area contributed by atoms with Gasteiger partial charge in [-0.05, 0) is 31.2 Å². The van der Waals surface area contributed by atoms with E-state index < -0.39 is 0 Å². The van der Waals surface area contributed by atoms with Gasteiger partial charge in [-0.3, -0.25) is 9.69 Å². The molecule has 0 aromatic rings. The van der Waals surface area contributed by atoms with Crippen LogP contribution < -0.4 is 0 Å². The Bertz CT molecular complexity index is 242. The Labute approximate surface area is 106 Å². The molecule has 0 radical (unpaired) electrons. The summed E-state index contributed by atoms with van der Waals surface area (Å²) in [7, 11) is 1.50. The summed E-state index contributed by atoms with van der Waals surface area (Å²) in [4.78, 5) is 14.2. The van der Waals surface area contributed by atoms with E-state index in [9.17, 15) is 4.79 Å². The molecule has 1 aliphatic heterocycles. The smallest absolute Gasteiger partial charge is 0.323 e. The zero-order valence-corrected chi connectivity index (χ0v) is 11.7. The van der Waals surface area contributed by atoms with Gasteiger partial charge in [-0.2, -0.15) is 0 Å². The van der Waals surface area contributed by atoms with Crippen molar-refractivity contribution in [2.24, 2.45) is 11.8 Å². The lowest BCUT2D eigenvalue weighted by Gasteiger charge is -2.39. The third kappa shape index (κ3) is 3.98. The largest absolute Gasteiger partial charge is 0.468 e. The molecule has 0 bridgehead atoms. The van der Waals surface area contributed by atoms with Crippen molar-refractivity contribution >= 4 is 5.97 Å². The Morgan fingerprint density at radius 1 is 1.41 bits per heavy atom. The van der Waals surface area contributed by atoms with Crippen LogP contribution in [-0.2, 0) is 9.53 Å². The fourth-order valence-electron chi connectivity index (χ4n) is 2.56. The summed E-state index contributed by atoms with van der Waals surface area (Å²) in [5.74, 6) is 1.40. The Morgan fingerprint density at radius 3 is 2.65 bits per heavy atom. The normalized spacial score (nSPS) is 27.8. The number of ether oxygens (including phenoxy) is 1. The molecule has 3 atom stereocenters. The van der Waals surface area contributed by atoms with Crippen LogP contribution in [0.15, 0.2) is 0 Å². The first-order valence-electron chi connectivity index (χ1n) is 6.92. The van der Waals surface area contributed by atoms with Crippen molar-refractivity contribution in [3.8, 4) is 0 Å². The van der Waals surface area contributed by atoms with Crippen molar-refractivity contribution < 1.29 is 9.53 Å². The lowest BCUT2D eigenvalue weighted by molar-refractivity contribution is -0.148. The van der Waals surface area contributed by atoms with Crippen molar-refractivity contribution in [1.29, 1.82) is 0 Å². The maximum Gasteiger partial charge on any atom is 0.323 e. The van der Waals surface area contributed by atoms with E-state index in [0.29, 0.717) is 5.92 Å². The monoisotopic (exact) mass is 241 g/mol. The van der Waals surface area contributed by atoms with Gasteiger partial charge >= 0.3 is 5.97 Å². The van der Waals surface area contributed by atoms with Crippen molar-refractivity contribution in [3.05, 3.63) is 0 Å². The van der Waals surface area contributed by atoms with Gasteiger partial charge < -0.3 is 4.74 Å². The van der Waals surface area contributed by atoms with Gasteiger partial charge in [0.2, 0.25) is 0 Å². The van der Waals surface area contributed by atoms with E-state index in [4.69, 9.17) is 4.74 Å². The van der Waals surface area contributed by atoms with Crippen molar-refractivity contribution in [2.75, 3.05) is 20.2 Å². The average Bonchev–Trinajstić information content (AvgIpc) is 2.33. The van der Waals surface area contributed by atoms with Crippen LogP contribution in [0.5, 0.6) is 0 Å². The number of unbranched alkanes of at least 4 members (excludes halogenated alkanes) is 1. The maximum atomic E-state index is 11.8. The topological polar surface area (TPSA) is 29.5 Å². The highest BCUT2D eigenvalue weighted by Crippen LogP contribution is 2.25. The highest BCUT2D eigenvalue weighted by atomic mass is 16.5. The molecule has 0 N–H and O–H groups in total. The van der Waals surface area contributed by atoms with Gasteiger partial charge in [-0.25, -0.2) is 0 Å². The molecule has 0 aliphatic carbocycles. The molecular weight excluding hydrogens is 214 g/mol. The molecule has 100 valence electrons. The minimum Gasteiger partial charge on any atom is -0.468 e. The first kappa shape index (κ1) is 14.5. The van der Waals surface area contributed by atoms with Crippen LogP contribution >= 0.6 is 0 Å². The number of methoxy groups -OCH3 is 1. The summed E-state index contributed by atoms with van der Waals surface area (Å²) >= 11 is 0. The molecule has 0 spiro atoms. The van der Waals surface area contributed by atoms with Crippen LogP contribution in [0.3, 0.4) is 0 Å². The number of likely N-dealkylation sites (tertiary alicyclic amines) is 1. The zero-order valence-electron chi connectivity index (χ0n) is 11.7.